The molecule has 0 aromatic carbocycles. The minimum atomic E-state index is 0.278. The highest BCUT2D eigenvalue weighted by molar-refractivity contribution is 4.94. The summed E-state index contributed by atoms with van der Waals surface area (Å²) in [6, 6.07) is 0. The number of hydrogen-bond acceptors (Lipinski definition) is 3. The molecule has 17 heavy (non-hydrogen) atoms. The minimum absolute atomic E-state index is 0.278. The van der Waals surface area contributed by atoms with Crippen LogP contribution in [0.25, 0.3) is 0 Å². The van der Waals surface area contributed by atoms with Crippen LogP contribution in [0, 0.1) is 0 Å². The number of hydrogen-bond donors (Lipinski definition) is 1. The van der Waals surface area contributed by atoms with Gasteiger partial charge in [0.15, 0.2) is 0 Å². The predicted octanol–water partition coefficient (Wildman–Crippen LogP) is 2.49. The monoisotopic (exact) mass is 241 g/mol. The summed E-state index contributed by atoms with van der Waals surface area (Å²) in [5.41, 5.74) is 4.22. The molecule has 0 saturated carbocycles. The average molecular weight is 241 g/mol. The van der Waals surface area contributed by atoms with Gasteiger partial charge in [-0.2, -0.15) is 0 Å². The van der Waals surface area contributed by atoms with E-state index in [4.69, 9.17) is 0 Å². The molecule has 1 N–H and O–H groups in total. The molecule has 1 aliphatic heterocycles. The number of nitrogens with one attached hydrogen (secondary N) is 1. The van der Waals surface area contributed by atoms with Crippen LogP contribution in [0.3, 0.4) is 0 Å². The number of nitrogens with zero attached hydrogens (tertiary/aromatic N) is 2. The van der Waals surface area contributed by atoms with Crippen LogP contribution in [0.15, 0.2) is 0 Å². The Morgan fingerprint density at radius 1 is 1.06 bits per heavy atom. The topological polar surface area (TPSA) is 18.5 Å². The first kappa shape index (κ1) is 14.9. The highest BCUT2D eigenvalue weighted by Gasteiger charge is 2.40. The van der Waals surface area contributed by atoms with Crippen LogP contribution >= 0.6 is 0 Å². The van der Waals surface area contributed by atoms with Crippen LogP contribution in [0.4, 0.5) is 0 Å². The van der Waals surface area contributed by atoms with Crippen molar-refractivity contribution in [1.29, 1.82) is 0 Å². The van der Waals surface area contributed by atoms with Gasteiger partial charge in [-0.05, 0) is 74.0 Å². The second kappa shape index (κ2) is 5.68. The van der Waals surface area contributed by atoms with Crippen molar-refractivity contribution in [3.8, 4) is 0 Å². The zero-order valence-corrected chi connectivity index (χ0v) is 12.6. The molecule has 1 fully saturated rings. The van der Waals surface area contributed by atoms with Gasteiger partial charge in [-0.1, -0.05) is 0 Å². The molecule has 1 heterocycles. The second-order valence-electron chi connectivity index (χ2n) is 6.88. The van der Waals surface area contributed by atoms with Gasteiger partial charge >= 0.3 is 0 Å². The summed E-state index contributed by atoms with van der Waals surface area (Å²) >= 11 is 0. The van der Waals surface area contributed by atoms with Gasteiger partial charge in [-0.15, -0.1) is 0 Å². The molecule has 0 aromatic rings. The summed E-state index contributed by atoms with van der Waals surface area (Å²) in [7, 11) is 4.27. The first-order valence-corrected chi connectivity index (χ1v) is 6.94. The van der Waals surface area contributed by atoms with Crippen molar-refractivity contribution in [2.24, 2.45) is 0 Å². The lowest BCUT2D eigenvalue weighted by molar-refractivity contribution is -0.0702. The Bertz CT molecular complexity index is 218. The zero-order valence-electron chi connectivity index (χ0n) is 12.6. The van der Waals surface area contributed by atoms with Gasteiger partial charge in [0.1, 0.15) is 0 Å². The summed E-state index contributed by atoms with van der Waals surface area (Å²) < 4.78 is 0. The van der Waals surface area contributed by atoms with Crippen molar-refractivity contribution in [2.75, 3.05) is 27.2 Å². The lowest BCUT2D eigenvalue weighted by atomic mass is 9.81. The van der Waals surface area contributed by atoms with Crippen molar-refractivity contribution in [3.05, 3.63) is 0 Å². The standard InChI is InChI=1S/C14H31N3/c1-13(2)9-7-10-14(3,4)17(13)15-11-8-12-16(5)6/h15H,7-12H2,1-6H3. The molecule has 3 heteroatoms. The van der Waals surface area contributed by atoms with E-state index in [1.165, 1.54) is 25.7 Å². The van der Waals surface area contributed by atoms with Gasteiger partial charge in [-0.25, -0.2) is 5.01 Å². The van der Waals surface area contributed by atoms with Crippen LogP contribution in [0.5, 0.6) is 0 Å². The van der Waals surface area contributed by atoms with Crippen LogP contribution < -0.4 is 5.43 Å². The smallest absolute Gasteiger partial charge is 0.0304 e. The maximum atomic E-state index is 3.66. The highest BCUT2D eigenvalue weighted by Crippen LogP contribution is 2.36. The summed E-state index contributed by atoms with van der Waals surface area (Å²) in [6.45, 7) is 11.6. The number of hydrazine groups is 1. The predicted molar refractivity (Wildman–Crippen MR) is 75.0 cm³/mol. The lowest BCUT2D eigenvalue weighted by Crippen LogP contribution is -2.64. The van der Waals surface area contributed by atoms with Crippen molar-refractivity contribution in [1.82, 2.24) is 15.3 Å². The van der Waals surface area contributed by atoms with Gasteiger partial charge in [0.25, 0.3) is 0 Å². The minimum Gasteiger partial charge on any atom is -0.309 e. The fourth-order valence-electron chi connectivity index (χ4n) is 3.01. The first-order chi connectivity index (χ1) is 7.76. The SMILES string of the molecule is CN(C)CCCNN1C(C)(C)CCCC1(C)C. The maximum Gasteiger partial charge on any atom is 0.0304 e. The second-order valence-corrected chi connectivity index (χ2v) is 6.88. The molecular weight excluding hydrogens is 210 g/mol. The summed E-state index contributed by atoms with van der Waals surface area (Å²) in [5.74, 6) is 0. The Morgan fingerprint density at radius 2 is 1.59 bits per heavy atom. The van der Waals surface area contributed by atoms with Crippen molar-refractivity contribution < 1.29 is 0 Å². The molecule has 0 amide bonds. The fourth-order valence-corrected chi connectivity index (χ4v) is 3.01. The van der Waals surface area contributed by atoms with Crippen LogP contribution in [-0.4, -0.2) is 48.2 Å². The van der Waals surface area contributed by atoms with E-state index in [1.54, 1.807) is 0 Å². The van der Waals surface area contributed by atoms with Gasteiger partial charge in [0.2, 0.25) is 0 Å². The maximum absolute atomic E-state index is 3.66. The fraction of sp³-hybridized carbons (Fsp3) is 1.00. The van der Waals surface area contributed by atoms with Gasteiger partial charge in [0, 0.05) is 17.6 Å². The third-order valence-electron chi connectivity index (χ3n) is 3.84. The van der Waals surface area contributed by atoms with E-state index >= 15 is 0 Å². The van der Waals surface area contributed by atoms with E-state index in [0.717, 1.165) is 13.1 Å². The van der Waals surface area contributed by atoms with Crippen LogP contribution in [-0.2, 0) is 0 Å². The number of piperidine rings is 1. The van der Waals surface area contributed by atoms with Gasteiger partial charge in [0.05, 0.1) is 0 Å². The molecule has 3 nitrogen and oxygen atoms in total. The molecule has 0 aliphatic carbocycles. The molecule has 1 aliphatic rings. The van der Waals surface area contributed by atoms with E-state index in [2.05, 4.69) is 57.1 Å². The van der Waals surface area contributed by atoms with E-state index < -0.39 is 0 Å². The highest BCUT2D eigenvalue weighted by atomic mass is 15.6. The van der Waals surface area contributed by atoms with Crippen molar-refractivity contribution in [2.45, 2.75) is 64.5 Å². The quantitative estimate of drug-likeness (QED) is 0.746. The molecule has 0 bridgehead atoms. The third-order valence-corrected chi connectivity index (χ3v) is 3.84. The molecular formula is C14H31N3. The molecule has 0 atom stereocenters. The summed E-state index contributed by atoms with van der Waals surface area (Å²) in [6.07, 6.45) is 5.12. The molecule has 1 rings (SSSR count). The molecule has 0 aromatic heterocycles. The summed E-state index contributed by atoms with van der Waals surface area (Å²) in [5, 5.41) is 2.50. The van der Waals surface area contributed by atoms with Gasteiger partial charge in [-0.3, -0.25) is 5.43 Å². The average Bonchev–Trinajstić information content (AvgIpc) is 2.13. The lowest BCUT2D eigenvalue weighted by Gasteiger charge is -2.52. The number of rotatable bonds is 5. The molecule has 102 valence electrons. The third kappa shape index (κ3) is 4.23. The summed E-state index contributed by atoms with van der Waals surface area (Å²) in [4.78, 5) is 2.24. The Labute approximate surface area is 108 Å². The zero-order chi connectivity index (χ0) is 13.1. The first-order valence-electron chi connectivity index (χ1n) is 6.94. The normalized spacial score (nSPS) is 24.2. The van der Waals surface area contributed by atoms with Crippen LogP contribution in [0.2, 0.25) is 0 Å². The van der Waals surface area contributed by atoms with E-state index in [-0.39, 0.29) is 11.1 Å². The Hall–Kier alpha value is -0.120. The largest absolute Gasteiger partial charge is 0.309 e. The molecule has 0 radical (unpaired) electrons. The van der Waals surface area contributed by atoms with E-state index in [9.17, 15) is 0 Å². The molecule has 0 unspecified atom stereocenters. The van der Waals surface area contributed by atoms with Gasteiger partial charge < -0.3 is 4.90 Å². The van der Waals surface area contributed by atoms with E-state index in [1.807, 2.05) is 0 Å². The van der Waals surface area contributed by atoms with Crippen molar-refractivity contribution in [3.63, 3.8) is 0 Å². The molecule has 1 saturated heterocycles. The van der Waals surface area contributed by atoms with E-state index in [0.29, 0.717) is 0 Å². The molecule has 0 spiro atoms. The Balaban J connectivity index is 2.47. The van der Waals surface area contributed by atoms with Crippen molar-refractivity contribution >= 4 is 0 Å². The Morgan fingerprint density at radius 3 is 2.06 bits per heavy atom. The Kier molecular flexibility index (Phi) is 4.99. The van der Waals surface area contributed by atoms with Crippen LogP contribution in [0.1, 0.15) is 53.4 Å².